The Morgan fingerprint density at radius 3 is 2.44 bits per heavy atom. The van der Waals surface area contributed by atoms with E-state index in [4.69, 9.17) is 11.5 Å². The molecule has 1 aliphatic heterocycles. The average Bonchev–Trinajstić information content (AvgIpc) is 2.98. The number of aliphatic hydroxyl groups is 2. The molecular weight excluding hydrogens is 212 g/mol. The molecule has 0 bridgehead atoms. The Morgan fingerprint density at radius 2 is 2.00 bits per heavy atom. The van der Waals surface area contributed by atoms with Crippen molar-refractivity contribution in [3.8, 4) is 0 Å². The van der Waals surface area contributed by atoms with Gasteiger partial charge in [0.25, 0.3) is 5.91 Å². The molecule has 1 saturated carbocycles. The standard InChI is InChI=1S/C9H16N4O3/c1-12-8(15)5(7(11)14)6(10)13(9(12)16)4-2-3-4/h4,8-9,15-16H,2-3,10H2,1H3,(H2,11,14). The van der Waals surface area contributed by atoms with Crippen LogP contribution in [0.15, 0.2) is 11.4 Å². The lowest BCUT2D eigenvalue weighted by Crippen LogP contribution is -2.59. The molecule has 0 saturated heterocycles. The zero-order valence-corrected chi connectivity index (χ0v) is 9.00. The summed E-state index contributed by atoms with van der Waals surface area (Å²) in [6.45, 7) is 0. The molecule has 1 fully saturated rings. The Kier molecular flexibility index (Phi) is 2.53. The molecule has 2 atom stereocenters. The van der Waals surface area contributed by atoms with Gasteiger partial charge in [0, 0.05) is 6.04 Å². The van der Waals surface area contributed by atoms with Crippen LogP contribution in [-0.4, -0.2) is 51.6 Å². The van der Waals surface area contributed by atoms with Gasteiger partial charge < -0.3 is 26.6 Å². The van der Waals surface area contributed by atoms with Crippen molar-refractivity contribution in [1.29, 1.82) is 0 Å². The van der Waals surface area contributed by atoms with Crippen LogP contribution in [0.4, 0.5) is 0 Å². The third-order valence-electron chi connectivity index (χ3n) is 3.02. The number of hydrogen-bond donors (Lipinski definition) is 4. The summed E-state index contributed by atoms with van der Waals surface area (Å²) in [6.07, 6.45) is -0.463. The summed E-state index contributed by atoms with van der Waals surface area (Å²) in [5.41, 5.74) is 10.9. The first-order chi connectivity index (χ1) is 7.45. The SMILES string of the molecule is CN1C(O)C(C(N)=O)=C(N)N(C2CC2)C1O. The van der Waals surface area contributed by atoms with Gasteiger partial charge >= 0.3 is 0 Å². The second-order valence-electron chi connectivity index (χ2n) is 4.19. The van der Waals surface area contributed by atoms with Crippen LogP contribution in [0.5, 0.6) is 0 Å². The molecule has 2 unspecified atom stereocenters. The number of likely N-dealkylation sites (N-methyl/N-ethyl adjacent to an activating group) is 1. The third kappa shape index (κ3) is 1.53. The van der Waals surface area contributed by atoms with E-state index in [0.29, 0.717) is 0 Å². The molecule has 1 aliphatic carbocycles. The number of carbonyl (C=O) groups excluding carboxylic acids is 1. The Bertz CT molecular complexity index is 353. The van der Waals surface area contributed by atoms with E-state index in [1.165, 1.54) is 16.8 Å². The number of amides is 1. The summed E-state index contributed by atoms with van der Waals surface area (Å²) >= 11 is 0. The van der Waals surface area contributed by atoms with Crippen molar-refractivity contribution in [3.63, 3.8) is 0 Å². The Morgan fingerprint density at radius 1 is 1.44 bits per heavy atom. The van der Waals surface area contributed by atoms with Crippen molar-refractivity contribution in [1.82, 2.24) is 9.80 Å². The molecular formula is C9H16N4O3. The fraction of sp³-hybridized carbons (Fsp3) is 0.667. The van der Waals surface area contributed by atoms with Gasteiger partial charge in [-0.25, -0.2) is 4.90 Å². The maximum atomic E-state index is 11.2. The van der Waals surface area contributed by atoms with Gasteiger partial charge in [0.15, 0.2) is 6.35 Å². The van der Waals surface area contributed by atoms with E-state index in [9.17, 15) is 15.0 Å². The predicted octanol–water partition coefficient (Wildman–Crippen LogP) is -2.35. The van der Waals surface area contributed by atoms with Gasteiger partial charge in [0.2, 0.25) is 0 Å². The number of nitrogens with zero attached hydrogens (tertiary/aromatic N) is 2. The van der Waals surface area contributed by atoms with Gasteiger partial charge in [-0.15, -0.1) is 0 Å². The zero-order valence-electron chi connectivity index (χ0n) is 9.00. The maximum Gasteiger partial charge on any atom is 0.252 e. The van der Waals surface area contributed by atoms with Crippen LogP contribution < -0.4 is 11.5 Å². The summed E-state index contributed by atoms with van der Waals surface area (Å²) in [5, 5.41) is 19.7. The first-order valence-electron chi connectivity index (χ1n) is 5.11. The van der Waals surface area contributed by atoms with Crippen molar-refractivity contribution >= 4 is 5.91 Å². The van der Waals surface area contributed by atoms with Crippen LogP contribution in [0.25, 0.3) is 0 Å². The summed E-state index contributed by atoms with van der Waals surface area (Å²) in [6, 6.07) is 0.124. The fourth-order valence-corrected chi connectivity index (χ4v) is 1.91. The first kappa shape index (κ1) is 11.2. The van der Waals surface area contributed by atoms with Crippen LogP contribution in [0, 0.1) is 0 Å². The van der Waals surface area contributed by atoms with E-state index in [2.05, 4.69) is 0 Å². The van der Waals surface area contributed by atoms with E-state index >= 15 is 0 Å². The van der Waals surface area contributed by atoms with Gasteiger partial charge in [-0.05, 0) is 19.9 Å². The summed E-state index contributed by atoms with van der Waals surface area (Å²) in [5.74, 6) is -0.692. The van der Waals surface area contributed by atoms with Crippen molar-refractivity contribution in [2.75, 3.05) is 7.05 Å². The lowest BCUT2D eigenvalue weighted by Gasteiger charge is -2.43. The highest BCUT2D eigenvalue weighted by Gasteiger charge is 2.44. The number of nitrogens with two attached hydrogens (primary N) is 2. The lowest BCUT2D eigenvalue weighted by atomic mass is 10.1. The van der Waals surface area contributed by atoms with Gasteiger partial charge in [-0.3, -0.25) is 4.79 Å². The lowest BCUT2D eigenvalue weighted by molar-refractivity contribution is -0.160. The molecule has 2 aliphatic rings. The van der Waals surface area contributed by atoms with Gasteiger partial charge in [0.1, 0.15) is 17.6 Å². The first-order valence-corrected chi connectivity index (χ1v) is 5.11. The molecule has 0 aromatic carbocycles. The summed E-state index contributed by atoms with van der Waals surface area (Å²) in [7, 11) is 1.50. The Balaban J connectivity index is 2.41. The van der Waals surface area contributed by atoms with Crippen LogP contribution in [0.1, 0.15) is 12.8 Å². The van der Waals surface area contributed by atoms with E-state index < -0.39 is 18.5 Å². The molecule has 0 radical (unpaired) electrons. The van der Waals surface area contributed by atoms with Crippen LogP contribution in [0.3, 0.4) is 0 Å². The van der Waals surface area contributed by atoms with E-state index in [-0.39, 0.29) is 17.4 Å². The number of aliphatic hydroxyl groups excluding tert-OH is 2. The van der Waals surface area contributed by atoms with E-state index in [1.807, 2.05) is 0 Å². The number of rotatable bonds is 2. The van der Waals surface area contributed by atoms with Crippen LogP contribution in [0.2, 0.25) is 0 Å². The smallest absolute Gasteiger partial charge is 0.252 e. The molecule has 0 aromatic heterocycles. The minimum Gasteiger partial charge on any atom is -0.385 e. The third-order valence-corrected chi connectivity index (χ3v) is 3.02. The monoisotopic (exact) mass is 228 g/mol. The number of hydrogen-bond acceptors (Lipinski definition) is 6. The molecule has 1 amide bonds. The minimum atomic E-state index is -1.26. The predicted molar refractivity (Wildman–Crippen MR) is 55.0 cm³/mol. The topological polar surface area (TPSA) is 116 Å². The second-order valence-corrected chi connectivity index (χ2v) is 4.19. The molecule has 6 N–H and O–H groups in total. The normalized spacial score (nSPS) is 32.1. The highest BCUT2D eigenvalue weighted by molar-refractivity contribution is 5.93. The van der Waals surface area contributed by atoms with Gasteiger partial charge in [-0.2, -0.15) is 0 Å². The fourth-order valence-electron chi connectivity index (χ4n) is 1.91. The molecule has 7 nitrogen and oxygen atoms in total. The number of carbonyl (C=O) groups is 1. The van der Waals surface area contributed by atoms with Crippen molar-refractivity contribution in [3.05, 3.63) is 11.4 Å². The molecule has 7 heteroatoms. The van der Waals surface area contributed by atoms with Crippen molar-refractivity contribution in [2.24, 2.45) is 11.5 Å². The molecule has 1 heterocycles. The Hall–Kier alpha value is -1.31. The highest BCUT2D eigenvalue weighted by Crippen LogP contribution is 2.35. The molecule has 90 valence electrons. The minimum absolute atomic E-state index is 0.0558. The molecule has 0 aromatic rings. The van der Waals surface area contributed by atoms with E-state index in [1.54, 1.807) is 0 Å². The maximum absolute atomic E-state index is 11.2. The summed E-state index contributed by atoms with van der Waals surface area (Å²) in [4.78, 5) is 14.0. The highest BCUT2D eigenvalue weighted by atomic mass is 16.3. The molecule has 16 heavy (non-hydrogen) atoms. The summed E-state index contributed by atoms with van der Waals surface area (Å²) < 4.78 is 0. The molecule has 0 spiro atoms. The van der Waals surface area contributed by atoms with Gasteiger partial charge in [0.05, 0.1) is 0 Å². The Labute approximate surface area is 92.9 Å². The van der Waals surface area contributed by atoms with E-state index in [0.717, 1.165) is 12.8 Å². The largest absolute Gasteiger partial charge is 0.385 e. The van der Waals surface area contributed by atoms with Crippen LogP contribution >= 0.6 is 0 Å². The van der Waals surface area contributed by atoms with Crippen molar-refractivity contribution < 1.29 is 15.0 Å². The zero-order chi connectivity index (χ0) is 12.0. The van der Waals surface area contributed by atoms with Crippen molar-refractivity contribution in [2.45, 2.75) is 31.5 Å². The van der Waals surface area contributed by atoms with Gasteiger partial charge in [-0.1, -0.05) is 0 Å². The second kappa shape index (κ2) is 3.62. The average molecular weight is 228 g/mol. The van der Waals surface area contributed by atoms with Crippen LogP contribution in [-0.2, 0) is 4.79 Å². The quantitative estimate of drug-likeness (QED) is 0.420. The number of primary amides is 1. The molecule has 2 rings (SSSR count).